The van der Waals surface area contributed by atoms with Gasteiger partial charge in [-0.3, -0.25) is 4.98 Å². The van der Waals surface area contributed by atoms with Crippen LogP contribution in [0.1, 0.15) is 12.3 Å². The third-order valence-corrected chi connectivity index (χ3v) is 3.17. The molecule has 0 aliphatic heterocycles. The van der Waals surface area contributed by atoms with Gasteiger partial charge >= 0.3 is 0 Å². The molecule has 3 aromatic rings. The van der Waals surface area contributed by atoms with E-state index >= 15 is 0 Å². The second-order valence-electron chi connectivity index (χ2n) is 4.60. The van der Waals surface area contributed by atoms with Crippen LogP contribution in [0.5, 0.6) is 0 Å². The van der Waals surface area contributed by atoms with E-state index in [1.165, 1.54) is 0 Å². The summed E-state index contributed by atoms with van der Waals surface area (Å²) in [6.07, 6.45) is 3.52. The molecule has 0 radical (unpaired) electrons. The molecule has 0 amide bonds. The zero-order valence-corrected chi connectivity index (χ0v) is 11.3. The molecule has 0 aliphatic rings. The topological polar surface area (TPSA) is 63.8 Å². The van der Waals surface area contributed by atoms with Crippen LogP contribution in [0.2, 0.25) is 0 Å². The molecule has 2 aromatic heterocycles. The van der Waals surface area contributed by atoms with Gasteiger partial charge in [-0.05, 0) is 31.5 Å². The Labute approximate surface area is 117 Å². The highest BCUT2D eigenvalue weighted by Gasteiger charge is 2.12. The summed E-state index contributed by atoms with van der Waals surface area (Å²) in [5.74, 6) is 1.21. The maximum Gasteiger partial charge on any atom is 0.227 e. The number of hydrogen-bond donors (Lipinski definition) is 1. The second-order valence-corrected chi connectivity index (χ2v) is 4.60. The van der Waals surface area contributed by atoms with Gasteiger partial charge in [0.05, 0.1) is 0 Å². The molecular formula is C15H16N4O. The van der Waals surface area contributed by atoms with Gasteiger partial charge in [0.15, 0.2) is 0 Å². The zero-order valence-electron chi connectivity index (χ0n) is 11.3. The molecule has 0 aliphatic carbocycles. The number of nitrogens with one attached hydrogen (secondary N) is 1. The van der Waals surface area contributed by atoms with Crippen molar-refractivity contribution in [1.29, 1.82) is 0 Å². The summed E-state index contributed by atoms with van der Waals surface area (Å²) >= 11 is 0. The lowest BCUT2D eigenvalue weighted by Crippen LogP contribution is -2.08. The molecule has 0 saturated heterocycles. The van der Waals surface area contributed by atoms with Gasteiger partial charge in [0.25, 0.3) is 0 Å². The maximum atomic E-state index is 5.29. The van der Waals surface area contributed by atoms with Crippen LogP contribution in [0.3, 0.4) is 0 Å². The standard InChI is InChI=1S/C15H16N4O/c1-16-9-4-7-13-18-15(19-20-13)14-12-6-3-2-5-11(12)8-10-17-14/h2-3,5-6,8,10,16H,4,7,9H2,1H3. The summed E-state index contributed by atoms with van der Waals surface area (Å²) in [5.41, 5.74) is 0.770. The van der Waals surface area contributed by atoms with Gasteiger partial charge in [-0.15, -0.1) is 0 Å². The highest BCUT2D eigenvalue weighted by molar-refractivity contribution is 5.92. The molecule has 0 fully saturated rings. The first-order chi connectivity index (χ1) is 9.88. The molecular weight excluding hydrogens is 252 g/mol. The first kappa shape index (κ1) is 12.7. The molecule has 20 heavy (non-hydrogen) atoms. The van der Waals surface area contributed by atoms with E-state index in [1.807, 2.05) is 31.3 Å². The summed E-state index contributed by atoms with van der Waals surface area (Å²) < 4.78 is 5.29. The first-order valence-corrected chi connectivity index (χ1v) is 6.70. The van der Waals surface area contributed by atoms with Gasteiger partial charge in [-0.1, -0.05) is 29.4 Å². The van der Waals surface area contributed by atoms with Crippen molar-refractivity contribution in [3.63, 3.8) is 0 Å². The fourth-order valence-corrected chi connectivity index (χ4v) is 2.17. The van der Waals surface area contributed by atoms with Crippen LogP contribution in [0, 0.1) is 0 Å². The quantitative estimate of drug-likeness (QED) is 0.720. The Hall–Kier alpha value is -2.27. The number of aromatic nitrogens is 3. The van der Waals surface area contributed by atoms with Crippen molar-refractivity contribution < 1.29 is 4.52 Å². The number of benzene rings is 1. The molecule has 0 atom stereocenters. The monoisotopic (exact) mass is 268 g/mol. The lowest BCUT2D eigenvalue weighted by atomic mass is 10.1. The van der Waals surface area contributed by atoms with E-state index in [2.05, 4.69) is 26.5 Å². The van der Waals surface area contributed by atoms with E-state index in [-0.39, 0.29) is 0 Å². The minimum atomic E-state index is 0.557. The predicted molar refractivity (Wildman–Crippen MR) is 77.3 cm³/mol. The lowest BCUT2D eigenvalue weighted by molar-refractivity contribution is 0.375. The Bertz CT molecular complexity index is 702. The van der Waals surface area contributed by atoms with Crippen molar-refractivity contribution in [2.24, 2.45) is 0 Å². The maximum absolute atomic E-state index is 5.29. The molecule has 0 unspecified atom stereocenters. The molecule has 5 nitrogen and oxygen atoms in total. The number of aryl methyl sites for hydroxylation is 1. The summed E-state index contributed by atoms with van der Waals surface area (Å²) in [6.45, 7) is 0.935. The minimum absolute atomic E-state index is 0.557. The first-order valence-electron chi connectivity index (χ1n) is 6.70. The van der Waals surface area contributed by atoms with Crippen LogP contribution in [-0.2, 0) is 6.42 Å². The van der Waals surface area contributed by atoms with Gasteiger partial charge in [-0.25, -0.2) is 0 Å². The van der Waals surface area contributed by atoms with E-state index in [0.717, 1.165) is 35.9 Å². The number of hydrogen-bond acceptors (Lipinski definition) is 5. The SMILES string of the molecule is CNCCCc1nc(-c2nccc3ccccc23)no1. The minimum Gasteiger partial charge on any atom is -0.339 e. The van der Waals surface area contributed by atoms with Crippen LogP contribution < -0.4 is 5.32 Å². The summed E-state index contributed by atoms with van der Waals surface area (Å²) in [4.78, 5) is 8.82. The lowest BCUT2D eigenvalue weighted by Gasteiger charge is -2.00. The molecule has 0 spiro atoms. The highest BCUT2D eigenvalue weighted by Crippen LogP contribution is 2.24. The predicted octanol–water partition coefficient (Wildman–Crippen LogP) is 2.44. The van der Waals surface area contributed by atoms with Crippen molar-refractivity contribution in [2.75, 3.05) is 13.6 Å². The Kier molecular flexibility index (Phi) is 3.69. The van der Waals surface area contributed by atoms with Crippen molar-refractivity contribution >= 4 is 10.8 Å². The average molecular weight is 268 g/mol. The normalized spacial score (nSPS) is 11.1. The summed E-state index contributed by atoms with van der Waals surface area (Å²) in [7, 11) is 1.93. The Balaban J connectivity index is 1.91. The third kappa shape index (κ3) is 2.53. The fraction of sp³-hybridized carbons (Fsp3) is 0.267. The van der Waals surface area contributed by atoms with E-state index in [4.69, 9.17) is 4.52 Å². The van der Waals surface area contributed by atoms with Crippen LogP contribution in [-0.4, -0.2) is 28.7 Å². The molecule has 0 bridgehead atoms. The van der Waals surface area contributed by atoms with Gasteiger partial charge in [0.2, 0.25) is 11.7 Å². The number of pyridine rings is 1. The van der Waals surface area contributed by atoms with Crippen molar-refractivity contribution in [3.05, 3.63) is 42.4 Å². The van der Waals surface area contributed by atoms with Gasteiger partial charge in [0.1, 0.15) is 5.69 Å². The molecule has 0 saturated carbocycles. The van der Waals surface area contributed by atoms with E-state index in [9.17, 15) is 0 Å². The molecule has 2 heterocycles. The van der Waals surface area contributed by atoms with Gasteiger partial charge in [-0.2, -0.15) is 4.98 Å². The highest BCUT2D eigenvalue weighted by atomic mass is 16.5. The van der Waals surface area contributed by atoms with E-state index in [1.54, 1.807) is 6.20 Å². The Morgan fingerprint density at radius 1 is 1.20 bits per heavy atom. The van der Waals surface area contributed by atoms with E-state index < -0.39 is 0 Å². The largest absolute Gasteiger partial charge is 0.339 e. The average Bonchev–Trinajstić information content (AvgIpc) is 2.96. The van der Waals surface area contributed by atoms with E-state index in [0.29, 0.717) is 11.7 Å². The number of rotatable bonds is 5. The summed E-state index contributed by atoms with van der Waals surface area (Å²) in [6, 6.07) is 10.0. The molecule has 1 aromatic carbocycles. The Morgan fingerprint density at radius 3 is 3.00 bits per heavy atom. The van der Waals surface area contributed by atoms with Crippen LogP contribution in [0.4, 0.5) is 0 Å². The van der Waals surface area contributed by atoms with Crippen molar-refractivity contribution in [2.45, 2.75) is 12.8 Å². The molecule has 1 N–H and O–H groups in total. The van der Waals surface area contributed by atoms with Crippen LogP contribution >= 0.6 is 0 Å². The van der Waals surface area contributed by atoms with Gasteiger partial charge in [0, 0.05) is 18.0 Å². The van der Waals surface area contributed by atoms with Gasteiger partial charge < -0.3 is 9.84 Å². The molecule has 102 valence electrons. The summed E-state index contributed by atoms with van der Waals surface area (Å²) in [5, 5.41) is 9.31. The fourth-order valence-electron chi connectivity index (χ4n) is 2.17. The van der Waals surface area contributed by atoms with Crippen molar-refractivity contribution in [3.8, 4) is 11.5 Å². The smallest absolute Gasteiger partial charge is 0.227 e. The zero-order chi connectivity index (χ0) is 13.8. The molecule has 3 rings (SSSR count). The van der Waals surface area contributed by atoms with Crippen LogP contribution in [0.15, 0.2) is 41.1 Å². The Morgan fingerprint density at radius 2 is 2.10 bits per heavy atom. The number of fused-ring (bicyclic) bond motifs is 1. The van der Waals surface area contributed by atoms with Crippen LogP contribution in [0.25, 0.3) is 22.3 Å². The molecule has 5 heteroatoms. The second kappa shape index (κ2) is 5.79. The van der Waals surface area contributed by atoms with Crippen molar-refractivity contribution in [1.82, 2.24) is 20.4 Å². The third-order valence-electron chi connectivity index (χ3n) is 3.17. The number of nitrogens with zero attached hydrogens (tertiary/aromatic N) is 3.